The lowest BCUT2D eigenvalue weighted by atomic mass is 10.3. The lowest BCUT2D eigenvalue weighted by Crippen LogP contribution is -2.18. The van der Waals surface area contributed by atoms with E-state index in [1.165, 1.54) is 13.2 Å². The zero-order valence-corrected chi connectivity index (χ0v) is 9.41. The highest BCUT2D eigenvalue weighted by Gasteiger charge is 2.11. The fourth-order valence-corrected chi connectivity index (χ4v) is 1.62. The number of thiophene rings is 1. The highest BCUT2D eigenvalue weighted by Crippen LogP contribution is 2.24. The van der Waals surface area contributed by atoms with E-state index in [2.05, 4.69) is 15.3 Å². The van der Waals surface area contributed by atoms with Gasteiger partial charge in [-0.25, -0.2) is 10.2 Å². The normalized spacial score (nSPS) is 11.0. The van der Waals surface area contributed by atoms with Crippen LogP contribution in [0.3, 0.4) is 0 Å². The Morgan fingerprint density at radius 1 is 1.62 bits per heavy atom. The van der Waals surface area contributed by atoms with Crippen LogP contribution in [0.5, 0.6) is 0 Å². The Bertz CT molecular complexity index is 440. The molecule has 0 atom stereocenters. The van der Waals surface area contributed by atoms with E-state index in [1.807, 2.05) is 0 Å². The fraction of sp³-hybridized carbons (Fsp3) is 0.250. The highest BCUT2D eigenvalue weighted by molar-refractivity contribution is 7.17. The first-order chi connectivity index (χ1) is 7.54. The van der Waals surface area contributed by atoms with Gasteiger partial charge in [0.2, 0.25) is 0 Å². The van der Waals surface area contributed by atoms with Crippen LogP contribution in [0.25, 0.3) is 0 Å². The van der Waals surface area contributed by atoms with Crippen LogP contribution in [-0.4, -0.2) is 23.8 Å². The molecule has 0 unspecified atom stereocenters. The van der Waals surface area contributed by atoms with E-state index in [-0.39, 0.29) is 5.00 Å². The van der Waals surface area contributed by atoms with Gasteiger partial charge < -0.3 is 4.74 Å². The third kappa shape index (κ3) is 3.02. The number of nitrogens with one attached hydrogen (secondary N) is 1. The quantitative estimate of drug-likeness (QED) is 0.497. The molecule has 8 heteroatoms. The minimum Gasteiger partial charge on any atom is -0.452 e. The highest BCUT2D eigenvalue weighted by atomic mass is 32.1. The Labute approximate surface area is 94.9 Å². The second-order valence-electron chi connectivity index (χ2n) is 2.70. The number of amides is 1. The van der Waals surface area contributed by atoms with Crippen molar-refractivity contribution in [2.75, 3.05) is 7.11 Å². The predicted molar refractivity (Wildman–Crippen MR) is 58.7 cm³/mol. The molecule has 0 spiro atoms. The third-order valence-corrected chi connectivity index (χ3v) is 2.77. The Balaban J connectivity index is 2.75. The topological polar surface area (TPSA) is 93.8 Å². The summed E-state index contributed by atoms with van der Waals surface area (Å²) in [5.74, 6) is 0. The first-order valence-corrected chi connectivity index (χ1v) is 4.99. The van der Waals surface area contributed by atoms with Crippen molar-refractivity contribution < 1.29 is 14.5 Å². The van der Waals surface area contributed by atoms with Crippen LogP contribution in [0.15, 0.2) is 17.2 Å². The van der Waals surface area contributed by atoms with Gasteiger partial charge in [-0.2, -0.15) is 5.10 Å². The minimum atomic E-state index is -0.689. The summed E-state index contributed by atoms with van der Waals surface area (Å²) in [6.45, 7) is 1.63. The molecule has 1 aromatic heterocycles. The SMILES string of the molecule is COC(=O)NN=C(C)c1ccc([N+](=O)[O-])s1. The minimum absolute atomic E-state index is 0.0302. The van der Waals surface area contributed by atoms with Gasteiger partial charge in [0.25, 0.3) is 0 Å². The molecule has 0 aliphatic carbocycles. The lowest BCUT2D eigenvalue weighted by molar-refractivity contribution is -0.380. The van der Waals surface area contributed by atoms with Crippen molar-refractivity contribution in [2.45, 2.75) is 6.92 Å². The summed E-state index contributed by atoms with van der Waals surface area (Å²) in [6.07, 6.45) is -0.689. The number of ether oxygens (including phenoxy) is 1. The van der Waals surface area contributed by atoms with E-state index in [0.29, 0.717) is 10.6 Å². The van der Waals surface area contributed by atoms with E-state index >= 15 is 0 Å². The van der Waals surface area contributed by atoms with Crippen molar-refractivity contribution in [1.29, 1.82) is 0 Å². The Morgan fingerprint density at radius 2 is 2.31 bits per heavy atom. The number of nitrogens with zero attached hydrogens (tertiary/aromatic N) is 2. The van der Waals surface area contributed by atoms with Crippen molar-refractivity contribution in [1.82, 2.24) is 5.43 Å². The van der Waals surface area contributed by atoms with Crippen LogP contribution < -0.4 is 5.43 Å². The third-order valence-electron chi connectivity index (χ3n) is 1.63. The number of carbonyl (C=O) groups is 1. The summed E-state index contributed by atoms with van der Waals surface area (Å²) >= 11 is 0.986. The molecule has 1 N–H and O–H groups in total. The molecule has 16 heavy (non-hydrogen) atoms. The molecule has 1 heterocycles. The summed E-state index contributed by atoms with van der Waals surface area (Å²) < 4.78 is 4.32. The number of methoxy groups -OCH3 is 1. The van der Waals surface area contributed by atoms with Crippen molar-refractivity contribution in [3.63, 3.8) is 0 Å². The monoisotopic (exact) mass is 243 g/mol. The molecule has 1 aromatic rings. The van der Waals surface area contributed by atoms with Gasteiger partial charge in [-0.15, -0.1) is 0 Å². The first kappa shape index (κ1) is 12.1. The van der Waals surface area contributed by atoms with Gasteiger partial charge in [-0.05, 0) is 13.0 Å². The number of hydrogen-bond acceptors (Lipinski definition) is 6. The average Bonchev–Trinajstić information content (AvgIpc) is 2.74. The average molecular weight is 243 g/mol. The van der Waals surface area contributed by atoms with E-state index in [1.54, 1.807) is 13.0 Å². The van der Waals surface area contributed by atoms with E-state index in [4.69, 9.17) is 0 Å². The van der Waals surface area contributed by atoms with Crippen molar-refractivity contribution in [3.8, 4) is 0 Å². The molecule has 0 saturated carbocycles. The second kappa shape index (κ2) is 5.21. The van der Waals surface area contributed by atoms with Crippen LogP contribution >= 0.6 is 11.3 Å². The summed E-state index contributed by atoms with van der Waals surface area (Å²) in [6, 6.07) is 2.96. The second-order valence-corrected chi connectivity index (χ2v) is 3.76. The molecule has 7 nitrogen and oxygen atoms in total. The summed E-state index contributed by atoms with van der Waals surface area (Å²) in [4.78, 5) is 21.3. The maximum Gasteiger partial charge on any atom is 0.427 e. The van der Waals surface area contributed by atoms with Gasteiger partial charge >= 0.3 is 11.1 Å². The molecular formula is C8H9N3O4S. The van der Waals surface area contributed by atoms with Crippen LogP contribution in [0.2, 0.25) is 0 Å². The maximum atomic E-state index is 10.7. The molecule has 0 saturated heterocycles. The van der Waals surface area contributed by atoms with Crippen LogP contribution in [0.1, 0.15) is 11.8 Å². The first-order valence-electron chi connectivity index (χ1n) is 4.17. The molecule has 0 aromatic carbocycles. The zero-order chi connectivity index (χ0) is 12.1. The number of nitro groups is 1. The Kier molecular flexibility index (Phi) is 3.95. The van der Waals surface area contributed by atoms with Gasteiger partial charge in [0, 0.05) is 6.07 Å². The summed E-state index contributed by atoms with van der Waals surface area (Å²) in [5, 5.41) is 14.2. The van der Waals surface area contributed by atoms with Crippen molar-refractivity contribution >= 4 is 28.1 Å². The summed E-state index contributed by atoms with van der Waals surface area (Å²) in [5.41, 5.74) is 2.61. The van der Waals surface area contributed by atoms with Crippen LogP contribution in [0.4, 0.5) is 9.80 Å². The van der Waals surface area contributed by atoms with Crippen molar-refractivity contribution in [3.05, 3.63) is 27.1 Å². The Morgan fingerprint density at radius 3 is 2.81 bits per heavy atom. The molecule has 1 rings (SSSR count). The molecular weight excluding hydrogens is 234 g/mol. The molecule has 0 radical (unpaired) electrons. The molecule has 0 aliphatic heterocycles. The number of hydrogen-bond donors (Lipinski definition) is 1. The van der Waals surface area contributed by atoms with Gasteiger partial charge in [0.1, 0.15) is 0 Å². The van der Waals surface area contributed by atoms with Gasteiger partial charge in [-0.1, -0.05) is 11.3 Å². The number of rotatable bonds is 3. The van der Waals surface area contributed by atoms with Gasteiger partial charge in [0.05, 0.1) is 22.6 Å². The molecule has 1 amide bonds. The maximum absolute atomic E-state index is 10.7. The zero-order valence-electron chi connectivity index (χ0n) is 8.59. The van der Waals surface area contributed by atoms with Crippen molar-refractivity contribution in [2.24, 2.45) is 5.10 Å². The van der Waals surface area contributed by atoms with Gasteiger partial charge in [0.15, 0.2) is 0 Å². The molecule has 86 valence electrons. The standard InChI is InChI=1S/C8H9N3O4S/c1-5(9-10-8(12)15-2)6-3-4-7(16-6)11(13)14/h3-4H,1-2H3,(H,10,12). The smallest absolute Gasteiger partial charge is 0.427 e. The van der Waals surface area contributed by atoms with Gasteiger partial charge in [-0.3, -0.25) is 10.1 Å². The molecule has 0 fully saturated rings. The number of hydrazone groups is 1. The fourth-order valence-electron chi connectivity index (χ4n) is 0.850. The van der Waals surface area contributed by atoms with E-state index < -0.39 is 11.0 Å². The predicted octanol–water partition coefficient (Wildman–Crippen LogP) is 1.74. The Hall–Kier alpha value is -1.96. The molecule has 0 aliphatic rings. The lowest BCUT2D eigenvalue weighted by Gasteiger charge is -1.98. The molecule has 0 bridgehead atoms. The largest absolute Gasteiger partial charge is 0.452 e. The summed E-state index contributed by atoms with van der Waals surface area (Å²) in [7, 11) is 1.22. The number of carbonyl (C=O) groups excluding carboxylic acids is 1. The van der Waals surface area contributed by atoms with E-state index in [0.717, 1.165) is 11.3 Å². The van der Waals surface area contributed by atoms with E-state index in [9.17, 15) is 14.9 Å². The van der Waals surface area contributed by atoms with Crippen LogP contribution in [0, 0.1) is 10.1 Å². The van der Waals surface area contributed by atoms with Crippen LogP contribution in [-0.2, 0) is 4.74 Å².